The van der Waals surface area contributed by atoms with Crippen LogP contribution in [0.3, 0.4) is 0 Å². The largest absolute Gasteiger partial charge is 0.464 e. The van der Waals surface area contributed by atoms with E-state index in [4.69, 9.17) is 20.6 Å². The van der Waals surface area contributed by atoms with E-state index in [0.29, 0.717) is 18.1 Å². The van der Waals surface area contributed by atoms with Crippen LogP contribution in [0.5, 0.6) is 0 Å². The summed E-state index contributed by atoms with van der Waals surface area (Å²) in [6.45, 7) is 2.26. The van der Waals surface area contributed by atoms with E-state index in [1.807, 2.05) is 0 Å². The van der Waals surface area contributed by atoms with Gasteiger partial charge in [-0.05, 0) is 42.7 Å². The molecule has 3 aromatic rings. The van der Waals surface area contributed by atoms with E-state index >= 15 is 0 Å². The maximum Gasteiger partial charge on any atom is 0.273 e. The van der Waals surface area contributed by atoms with E-state index in [0.717, 1.165) is 11.5 Å². The zero-order valence-electron chi connectivity index (χ0n) is 17.5. The number of ether oxygens (including phenoxy) is 1. The van der Waals surface area contributed by atoms with Gasteiger partial charge in [0, 0.05) is 19.3 Å². The molecule has 10 nitrogen and oxygen atoms in total. The molecule has 168 valence electrons. The van der Waals surface area contributed by atoms with Crippen LogP contribution in [0, 0.1) is 6.92 Å². The molecular weight excluding hydrogens is 434 g/mol. The number of carbonyl (C=O) groups excluding carboxylic acids is 3. The number of nitrogens with one attached hydrogen (secondary N) is 1. The molecule has 0 spiro atoms. The quantitative estimate of drug-likeness (QED) is 0.415. The van der Waals surface area contributed by atoms with Gasteiger partial charge in [0.05, 0.1) is 12.3 Å². The van der Waals surface area contributed by atoms with Crippen LogP contribution in [0.25, 0.3) is 0 Å². The maximum absolute atomic E-state index is 13.7. The van der Waals surface area contributed by atoms with Crippen LogP contribution >= 0.6 is 11.5 Å². The summed E-state index contributed by atoms with van der Waals surface area (Å²) in [6, 6.07) is 10.8. The van der Waals surface area contributed by atoms with Gasteiger partial charge < -0.3 is 25.9 Å². The summed E-state index contributed by atoms with van der Waals surface area (Å²) < 4.78 is 14.6. The molecule has 0 saturated carbocycles. The van der Waals surface area contributed by atoms with Gasteiger partial charge in [-0.25, -0.2) is 0 Å². The Hall–Kier alpha value is -3.70. The molecule has 1 aromatic carbocycles. The number of rotatable bonds is 9. The monoisotopic (exact) mass is 457 g/mol. The molecule has 0 fully saturated rings. The van der Waals surface area contributed by atoms with Gasteiger partial charge in [0.1, 0.15) is 16.4 Å². The van der Waals surface area contributed by atoms with Crippen molar-refractivity contribution in [1.82, 2.24) is 9.69 Å². The number of aryl methyl sites for hydroxylation is 1. The van der Waals surface area contributed by atoms with Crippen LogP contribution in [0.4, 0.5) is 11.4 Å². The summed E-state index contributed by atoms with van der Waals surface area (Å²) in [7, 11) is 1.52. The lowest BCUT2D eigenvalue weighted by molar-refractivity contribution is -0.123. The first-order chi connectivity index (χ1) is 15.3. The van der Waals surface area contributed by atoms with Gasteiger partial charge in [0.15, 0.2) is 11.7 Å². The molecule has 1 atom stereocenters. The van der Waals surface area contributed by atoms with Crippen molar-refractivity contribution in [3.05, 3.63) is 64.6 Å². The van der Waals surface area contributed by atoms with Gasteiger partial charge in [0.2, 0.25) is 0 Å². The van der Waals surface area contributed by atoms with Crippen molar-refractivity contribution < 1.29 is 23.5 Å². The van der Waals surface area contributed by atoms with E-state index in [1.165, 1.54) is 12.0 Å². The second kappa shape index (κ2) is 10.1. The number of carbonyl (C=O) groups is 3. The zero-order chi connectivity index (χ0) is 23.3. The highest BCUT2D eigenvalue weighted by atomic mass is 32.1. The molecule has 32 heavy (non-hydrogen) atoms. The van der Waals surface area contributed by atoms with Gasteiger partial charge in [-0.1, -0.05) is 18.2 Å². The van der Waals surface area contributed by atoms with Crippen molar-refractivity contribution in [2.45, 2.75) is 13.0 Å². The average Bonchev–Trinajstić information content (AvgIpc) is 3.37. The number of anilines is 2. The first-order valence-corrected chi connectivity index (χ1v) is 10.4. The van der Waals surface area contributed by atoms with E-state index in [-0.39, 0.29) is 28.6 Å². The fraction of sp³-hybridized carbons (Fsp3) is 0.238. The Labute approximate surface area is 188 Å². The highest BCUT2D eigenvalue weighted by Crippen LogP contribution is 2.33. The molecule has 3 amide bonds. The van der Waals surface area contributed by atoms with Gasteiger partial charge in [-0.15, -0.1) is 0 Å². The predicted octanol–water partition coefficient (Wildman–Crippen LogP) is 1.88. The molecule has 3 rings (SSSR count). The number of primary amides is 1. The van der Waals surface area contributed by atoms with Crippen LogP contribution in [0.1, 0.15) is 37.7 Å². The Morgan fingerprint density at radius 3 is 2.50 bits per heavy atom. The molecular formula is C21H23N5O5S. The standard InChI is InChI=1S/C21H23N5O5S/c1-12-8-9-14(31-12)17(20(28)24-10-11-30-2)26(13-6-4-3-5-7-13)21(29)18-15(22)16(19(23)27)25-32-18/h3-9,17H,10-11,22H2,1-2H3,(H2,23,27)(H,24,28). The lowest BCUT2D eigenvalue weighted by atomic mass is 10.1. The van der Waals surface area contributed by atoms with Crippen molar-refractivity contribution >= 4 is 40.6 Å². The topological polar surface area (TPSA) is 154 Å². The second-order valence-corrected chi connectivity index (χ2v) is 7.56. The van der Waals surface area contributed by atoms with Gasteiger partial charge in [0.25, 0.3) is 17.7 Å². The molecule has 2 heterocycles. The van der Waals surface area contributed by atoms with E-state index in [1.54, 1.807) is 49.4 Å². The van der Waals surface area contributed by atoms with Crippen molar-refractivity contribution in [2.24, 2.45) is 5.73 Å². The molecule has 0 aliphatic carbocycles. The number of furan rings is 1. The molecule has 0 bridgehead atoms. The molecule has 2 aromatic heterocycles. The average molecular weight is 458 g/mol. The van der Waals surface area contributed by atoms with E-state index < -0.39 is 23.8 Å². The summed E-state index contributed by atoms with van der Waals surface area (Å²) in [5.74, 6) is -1.12. The summed E-state index contributed by atoms with van der Waals surface area (Å²) in [4.78, 5) is 39.7. The van der Waals surface area contributed by atoms with Crippen LogP contribution in [-0.2, 0) is 9.53 Å². The van der Waals surface area contributed by atoms with Crippen molar-refractivity contribution in [3.8, 4) is 0 Å². The number of nitrogens with two attached hydrogens (primary N) is 2. The minimum atomic E-state index is -1.16. The molecule has 11 heteroatoms. The van der Waals surface area contributed by atoms with Gasteiger partial charge in [-0.3, -0.25) is 19.3 Å². The summed E-state index contributed by atoms with van der Waals surface area (Å²) >= 11 is 0.737. The number of aromatic nitrogens is 1. The number of nitrogens with zero attached hydrogens (tertiary/aromatic N) is 2. The number of hydrogen-bond acceptors (Lipinski definition) is 8. The van der Waals surface area contributed by atoms with Crippen molar-refractivity contribution in [1.29, 1.82) is 0 Å². The first-order valence-electron chi connectivity index (χ1n) is 9.61. The normalized spacial score (nSPS) is 11.7. The predicted molar refractivity (Wildman–Crippen MR) is 119 cm³/mol. The number of hydrogen-bond donors (Lipinski definition) is 3. The second-order valence-electron chi connectivity index (χ2n) is 6.78. The number of nitrogen functional groups attached to an aromatic ring is 1. The fourth-order valence-corrected chi connectivity index (χ4v) is 3.80. The maximum atomic E-state index is 13.7. The Morgan fingerprint density at radius 1 is 1.22 bits per heavy atom. The highest BCUT2D eigenvalue weighted by Gasteiger charge is 2.37. The van der Waals surface area contributed by atoms with E-state index in [2.05, 4.69) is 9.69 Å². The third-order valence-electron chi connectivity index (χ3n) is 4.55. The van der Waals surface area contributed by atoms with Crippen molar-refractivity contribution in [3.63, 3.8) is 0 Å². The Kier molecular flexibility index (Phi) is 7.23. The van der Waals surface area contributed by atoms with Gasteiger partial charge >= 0.3 is 0 Å². The van der Waals surface area contributed by atoms with Crippen LogP contribution < -0.4 is 21.7 Å². The zero-order valence-corrected chi connectivity index (χ0v) is 18.3. The summed E-state index contributed by atoms with van der Waals surface area (Å²) in [6.07, 6.45) is 0. The molecule has 5 N–H and O–H groups in total. The molecule has 0 aliphatic rings. The first kappa shape index (κ1) is 23.0. The number of benzene rings is 1. The fourth-order valence-electron chi connectivity index (χ4n) is 3.06. The molecule has 0 aliphatic heterocycles. The smallest absolute Gasteiger partial charge is 0.273 e. The Morgan fingerprint density at radius 2 is 1.94 bits per heavy atom. The van der Waals surface area contributed by atoms with Crippen molar-refractivity contribution in [2.75, 3.05) is 30.9 Å². The van der Waals surface area contributed by atoms with Crippen LogP contribution in [0.2, 0.25) is 0 Å². The highest BCUT2D eigenvalue weighted by molar-refractivity contribution is 7.09. The summed E-state index contributed by atoms with van der Waals surface area (Å²) in [5, 5.41) is 2.75. The van der Waals surface area contributed by atoms with E-state index in [9.17, 15) is 14.4 Å². The third-order valence-corrected chi connectivity index (χ3v) is 5.40. The number of para-hydroxylation sites is 1. The molecule has 1 unspecified atom stereocenters. The third kappa shape index (κ3) is 4.79. The number of amides is 3. The van der Waals surface area contributed by atoms with Crippen LogP contribution in [-0.4, -0.2) is 42.4 Å². The minimum Gasteiger partial charge on any atom is -0.464 e. The SMILES string of the molecule is COCCNC(=O)C(c1ccc(C)o1)N(C(=O)c1snc(C(N)=O)c1N)c1ccccc1. The molecule has 0 saturated heterocycles. The molecule has 0 radical (unpaired) electrons. The lowest BCUT2D eigenvalue weighted by Gasteiger charge is -2.29. The summed E-state index contributed by atoms with van der Waals surface area (Å²) in [5.41, 5.74) is 11.4. The Balaban J connectivity index is 2.12. The Bertz CT molecular complexity index is 1110. The number of methoxy groups -OCH3 is 1. The van der Waals surface area contributed by atoms with Gasteiger partial charge in [-0.2, -0.15) is 4.37 Å². The lowest BCUT2D eigenvalue weighted by Crippen LogP contribution is -2.44. The van der Waals surface area contributed by atoms with Crippen LogP contribution in [0.15, 0.2) is 46.9 Å². The minimum absolute atomic E-state index is 0.0133.